The van der Waals surface area contributed by atoms with Gasteiger partial charge in [0.15, 0.2) is 11.8 Å². The van der Waals surface area contributed by atoms with Gasteiger partial charge in [-0.1, -0.05) is 0 Å². The number of hydrogen-bond acceptors (Lipinski definition) is 6. The van der Waals surface area contributed by atoms with Crippen molar-refractivity contribution in [3.8, 4) is 0 Å². The Morgan fingerprint density at radius 3 is 2.55 bits per heavy atom. The summed E-state index contributed by atoms with van der Waals surface area (Å²) in [7, 11) is 1.97. The lowest BCUT2D eigenvalue weighted by molar-refractivity contribution is -0.123. The topological polar surface area (TPSA) is 90.7 Å². The van der Waals surface area contributed by atoms with Crippen molar-refractivity contribution in [3.05, 3.63) is 11.6 Å². The maximum absolute atomic E-state index is 12.0. The van der Waals surface area contributed by atoms with Gasteiger partial charge < -0.3 is 20.1 Å². The number of thioether (sulfide) groups is 1. The van der Waals surface area contributed by atoms with Crippen LogP contribution in [-0.4, -0.2) is 93.8 Å². The molecular weight excluding hydrogens is 388 g/mol. The van der Waals surface area contributed by atoms with Gasteiger partial charge in [0.25, 0.3) is 0 Å². The first-order valence-corrected chi connectivity index (χ1v) is 11.7. The van der Waals surface area contributed by atoms with Crippen LogP contribution < -0.4 is 10.6 Å². The summed E-state index contributed by atoms with van der Waals surface area (Å²) >= 11 is 1.85. The van der Waals surface area contributed by atoms with Gasteiger partial charge in [-0.2, -0.15) is 11.8 Å². The van der Waals surface area contributed by atoms with Crippen LogP contribution in [0.2, 0.25) is 0 Å². The molecule has 0 atom stereocenters. The molecule has 29 heavy (non-hydrogen) atoms. The number of guanidine groups is 1. The van der Waals surface area contributed by atoms with E-state index in [4.69, 9.17) is 4.99 Å². The second-order valence-corrected chi connectivity index (χ2v) is 8.61. The lowest BCUT2D eigenvalue weighted by Crippen LogP contribution is -2.54. The predicted octanol–water partition coefficient (Wildman–Crippen LogP) is 0.464. The van der Waals surface area contributed by atoms with Gasteiger partial charge in [-0.05, 0) is 39.2 Å². The van der Waals surface area contributed by atoms with Crippen molar-refractivity contribution < 1.29 is 4.79 Å². The Hall–Kier alpha value is -1.81. The third-order valence-corrected chi connectivity index (χ3v) is 5.55. The van der Waals surface area contributed by atoms with Gasteiger partial charge in [-0.3, -0.25) is 9.69 Å². The summed E-state index contributed by atoms with van der Waals surface area (Å²) < 4.78 is 1.97. The smallest absolute Gasteiger partial charge is 0.234 e. The first-order valence-electron chi connectivity index (χ1n) is 10.3. The van der Waals surface area contributed by atoms with E-state index < -0.39 is 0 Å². The molecule has 0 unspecified atom stereocenters. The number of rotatable bonds is 9. The van der Waals surface area contributed by atoms with Gasteiger partial charge in [-0.15, -0.1) is 10.2 Å². The first-order chi connectivity index (χ1) is 13.9. The monoisotopic (exact) mass is 424 g/mol. The third-order valence-electron chi connectivity index (χ3n) is 4.85. The minimum Gasteiger partial charge on any atom is -0.356 e. The number of aryl methyl sites for hydroxylation is 1. The molecule has 1 amide bonds. The van der Waals surface area contributed by atoms with Crippen LogP contribution in [0.25, 0.3) is 0 Å². The fourth-order valence-electron chi connectivity index (χ4n) is 3.11. The van der Waals surface area contributed by atoms with Crippen LogP contribution in [0, 0.1) is 6.92 Å². The Morgan fingerprint density at radius 1 is 1.24 bits per heavy atom. The van der Waals surface area contributed by atoms with Gasteiger partial charge in [-0.25, -0.2) is 4.99 Å². The predicted molar refractivity (Wildman–Crippen MR) is 119 cm³/mol. The molecule has 1 saturated heterocycles. The molecule has 2 heterocycles. The Bertz CT molecular complexity index is 667. The highest BCUT2D eigenvalue weighted by Gasteiger charge is 2.21. The number of aliphatic imine (C=N–C) groups is 1. The molecule has 0 aromatic carbocycles. The minimum absolute atomic E-state index is 0.0928. The summed E-state index contributed by atoms with van der Waals surface area (Å²) in [5.74, 6) is 3.88. The Kier molecular flexibility index (Phi) is 9.72. The summed E-state index contributed by atoms with van der Waals surface area (Å²) in [4.78, 5) is 21.3. The number of nitrogens with one attached hydrogen (secondary N) is 2. The van der Waals surface area contributed by atoms with Crippen molar-refractivity contribution in [2.45, 2.75) is 39.8 Å². The van der Waals surface area contributed by atoms with E-state index in [-0.39, 0.29) is 11.9 Å². The van der Waals surface area contributed by atoms with E-state index in [9.17, 15) is 4.79 Å². The molecule has 0 aliphatic carbocycles. The molecule has 1 aromatic rings. The summed E-state index contributed by atoms with van der Waals surface area (Å²) in [6.07, 6.45) is 3.22. The second kappa shape index (κ2) is 12.0. The maximum Gasteiger partial charge on any atom is 0.234 e. The molecule has 1 aromatic heterocycles. The number of carbonyl (C=O) groups excluding carboxylic acids is 1. The van der Waals surface area contributed by atoms with E-state index in [0.29, 0.717) is 13.1 Å². The van der Waals surface area contributed by atoms with Crippen LogP contribution in [-0.2, 0) is 18.4 Å². The van der Waals surface area contributed by atoms with Gasteiger partial charge in [0.05, 0.1) is 6.54 Å². The number of nitrogens with zero attached hydrogens (tertiary/aromatic N) is 6. The molecule has 1 fully saturated rings. The van der Waals surface area contributed by atoms with Crippen molar-refractivity contribution in [2.24, 2.45) is 12.0 Å². The zero-order chi connectivity index (χ0) is 21.2. The third kappa shape index (κ3) is 7.85. The van der Waals surface area contributed by atoms with Crippen LogP contribution in [0.4, 0.5) is 0 Å². The fourth-order valence-corrected chi connectivity index (χ4v) is 3.54. The summed E-state index contributed by atoms with van der Waals surface area (Å²) in [5.41, 5.74) is 0. The van der Waals surface area contributed by atoms with Crippen LogP contribution in [0.15, 0.2) is 4.99 Å². The normalized spacial score (nSPS) is 15.8. The van der Waals surface area contributed by atoms with Gasteiger partial charge >= 0.3 is 0 Å². The zero-order valence-electron chi connectivity index (χ0n) is 18.4. The first kappa shape index (κ1) is 23.5. The molecule has 2 rings (SSSR count). The quantitative estimate of drug-likeness (QED) is 0.338. The standard InChI is InChI=1S/C19H36N8OS/c1-15(2)22-18(28)14-26-8-10-27(11-9-26)19(20-7-6-12-29-5)21-13-17-24-23-16(3)25(17)4/h15H,6-14H2,1-5H3,(H,20,21)(H,22,28). The fraction of sp³-hybridized carbons (Fsp3) is 0.789. The lowest BCUT2D eigenvalue weighted by Gasteiger charge is -2.36. The molecular formula is C19H36N8OS. The van der Waals surface area contributed by atoms with E-state index in [2.05, 4.69) is 36.9 Å². The average molecular weight is 425 g/mol. The molecule has 10 heteroatoms. The van der Waals surface area contributed by atoms with E-state index in [1.807, 2.05) is 44.1 Å². The number of carbonyl (C=O) groups is 1. The van der Waals surface area contributed by atoms with Crippen molar-refractivity contribution in [3.63, 3.8) is 0 Å². The lowest BCUT2D eigenvalue weighted by atomic mass is 10.3. The van der Waals surface area contributed by atoms with Crippen LogP contribution in [0.3, 0.4) is 0 Å². The van der Waals surface area contributed by atoms with Crippen molar-refractivity contribution in [1.29, 1.82) is 0 Å². The maximum atomic E-state index is 12.0. The number of piperazine rings is 1. The molecule has 2 N–H and O–H groups in total. The Morgan fingerprint density at radius 2 is 1.97 bits per heavy atom. The number of amides is 1. The highest BCUT2D eigenvalue weighted by Crippen LogP contribution is 2.05. The average Bonchev–Trinajstić information content (AvgIpc) is 2.99. The molecule has 0 spiro atoms. The van der Waals surface area contributed by atoms with Crippen molar-refractivity contribution in [2.75, 3.05) is 51.3 Å². The number of hydrogen-bond donors (Lipinski definition) is 2. The highest BCUT2D eigenvalue weighted by molar-refractivity contribution is 7.98. The molecule has 0 bridgehead atoms. The molecule has 164 valence electrons. The summed E-state index contributed by atoms with van der Waals surface area (Å²) in [5, 5.41) is 14.8. The molecule has 1 aliphatic rings. The van der Waals surface area contributed by atoms with Gasteiger partial charge in [0.2, 0.25) is 5.91 Å². The molecule has 0 saturated carbocycles. The zero-order valence-corrected chi connectivity index (χ0v) is 19.3. The molecule has 0 radical (unpaired) electrons. The van der Waals surface area contributed by atoms with E-state index >= 15 is 0 Å². The van der Waals surface area contributed by atoms with Crippen LogP contribution in [0.1, 0.15) is 31.9 Å². The Balaban J connectivity index is 1.93. The summed E-state index contributed by atoms with van der Waals surface area (Å²) in [6, 6.07) is 0.178. The highest BCUT2D eigenvalue weighted by atomic mass is 32.2. The van der Waals surface area contributed by atoms with Gasteiger partial charge in [0.1, 0.15) is 12.4 Å². The van der Waals surface area contributed by atoms with Crippen molar-refractivity contribution >= 4 is 23.6 Å². The van der Waals surface area contributed by atoms with E-state index in [0.717, 1.165) is 62.5 Å². The van der Waals surface area contributed by atoms with Crippen LogP contribution >= 0.6 is 11.8 Å². The van der Waals surface area contributed by atoms with E-state index in [1.54, 1.807) is 0 Å². The van der Waals surface area contributed by atoms with E-state index in [1.165, 1.54) is 0 Å². The molecule has 9 nitrogen and oxygen atoms in total. The summed E-state index contributed by atoms with van der Waals surface area (Å²) in [6.45, 7) is 11.2. The SMILES string of the molecule is CSCCCNC(=NCc1nnc(C)n1C)N1CCN(CC(=O)NC(C)C)CC1. The van der Waals surface area contributed by atoms with Crippen LogP contribution in [0.5, 0.6) is 0 Å². The minimum atomic E-state index is 0.0928. The van der Waals surface area contributed by atoms with Gasteiger partial charge in [0, 0.05) is 45.8 Å². The number of aromatic nitrogens is 3. The van der Waals surface area contributed by atoms with Crippen molar-refractivity contribution in [1.82, 2.24) is 35.2 Å². The second-order valence-electron chi connectivity index (χ2n) is 7.62. The largest absolute Gasteiger partial charge is 0.356 e. The Labute approximate surface area is 178 Å². The molecule has 1 aliphatic heterocycles.